The van der Waals surface area contributed by atoms with Crippen LogP contribution in [0.4, 0.5) is 17.1 Å². The Kier molecular flexibility index (Phi) is 3.46. The summed E-state index contributed by atoms with van der Waals surface area (Å²) in [6.45, 7) is 4.45. The lowest BCUT2D eigenvalue weighted by molar-refractivity contribution is -0.383. The van der Waals surface area contributed by atoms with Gasteiger partial charge in [0.25, 0.3) is 0 Å². The van der Waals surface area contributed by atoms with Crippen LogP contribution in [0.15, 0.2) is 18.2 Å². The highest BCUT2D eigenvalue weighted by molar-refractivity contribution is 5.77. The average Bonchev–Trinajstić information content (AvgIpc) is 2.82. The molecule has 0 radical (unpaired) electrons. The van der Waals surface area contributed by atoms with Crippen LogP contribution in [0.5, 0.6) is 0 Å². The molecule has 17 heavy (non-hydrogen) atoms. The van der Waals surface area contributed by atoms with E-state index >= 15 is 0 Å². The summed E-state index contributed by atoms with van der Waals surface area (Å²) in [7, 11) is 0. The van der Waals surface area contributed by atoms with E-state index in [0.717, 1.165) is 31.6 Å². The van der Waals surface area contributed by atoms with Crippen molar-refractivity contribution in [1.82, 2.24) is 0 Å². The molecule has 0 atom stereocenters. The molecule has 1 heterocycles. The van der Waals surface area contributed by atoms with E-state index in [2.05, 4.69) is 10.2 Å². The quantitative estimate of drug-likeness (QED) is 0.643. The predicted octanol–water partition coefficient (Wildman–Crippen LogP) is 2.63. The number of hydrogen-bond donors (Lipinski definition) is 1. The minimum Gasteiger partial charge on any atom is -0.380 e. The molecule has 1 N–H and O–H groups in total. The third kappa shape index (κ3) is 2.33. The Labute approximate surface area is 101 Å². The van der Waals surface area contributed by atoms with Crippen LogP contribution in [0.25, 0.3) is 0 Å². The van der Waals surface area contributed by atoms with Crippen LogP contribution >= 0.6 is 0 Å². The fraction of sp³-hybridized carbons (Fsp3) is 0.500. The van der Waals surface area contributed by atoms with Crippen molar-refractivity contribution in [3.63, 3.8) is 0 Å². The highest BCUT2D eigenvalue weighted by Crippen LogP contribution is 2.36. The molecule has 1 aliphatic heterocycles. The summed E-state index contributed by atoms with van der Waals surface area (Å²) in [5.41, 5.74) is 1.56. The van der Waals surface area contributed by atoms with Crippen LogP contribution in [0.1, 0.15) is 19.8 Å². The summed E-state index contributed by atoms with van der Waals surface area (Å²) in [6, 6.07) is 5.48. The Morgan fingerprint density at radius 3 is 2.71 bits per heavy atom. The Morgan fingerprint density at radius 1 is 1.41 bits per heavy atom. The summed E-state index contributed by atoms with van der Waals surface area (Å²) in [4.78, 5) is 13.0. The van der Waals surface area contributed by atoms with E-state index < -0.39 is 0 Å². The normalized spacial score (nSPS) is 15.0. The number of nitrogens with one attached hydrogen (secondary N) is 1. The zero-order valence-electron chi connectivity index (χ0n) is 9.98. The summed E-state index contributed by atoms with van der Waals surface area (Å²) in [5.74, 6) is 0. The SMILES string of the molecule is CCNc1cccc(N2CCCC2)c1[N+](=O)[O-]. The van der Waals surface area contributed by atoms with Crippen LogP contribution < -0.4 is 10.2 Å². The second-order valence-corrected chi connectivity index (χ2v) is 4.15. The smallest absolute Gasteiger partial charge is 0.315 e. The van der Waals surface area contributed by atoms with E-state index in [1.165, 1.54) is 0 Å². The van der Waals surface area contributed by atoms with Gasteiger partial charge in [0.1, 0.15) is 11.4 Å². The Bertz CT molecular complexity index is 414. The molecule has 0 saturated carbocycles. The van der Waals surface area contributed by atoms with Gasteiger partial charge in [-0.3, -0.25) is 10.1 Å². The minimum absolute atomic E-state index is 0.205. The molecule has 1 saturated heterocycles. The number of nitrogens with zero attached hydrogens (tertiary/aromatic N) is 2. The maximum Gasteiger partial charge on any atom is 0.315 e. The van der Waals surface area contributed by atoms with Crippen LogP contribution in [-0.2, 0) is 0 Å². The zero-order chi connectivity index (χ0) is 12.3. The van der Waals surface area contributed by atoms with Gasteiger partial charge in [0.05, 0.1) is 4.92 Å². The second kappa shape index (κ2) is 5.03. The molecule has 1 fully saturated rings. The Hall–Kier alpha value is -1.78. The van der Waals surface area contributed by atoms with E-state index in [1.807, 2.05) is 19.1 Å². The van der Waals surface area contributed by atoms with Crippen molar-refractivity contribution in [2.75, 3.05) is 29.9 Å². The summed E-state index contributed by atoms with van der Waals surface area (Å²) in [5, 5.41) is 14.3. The standard InChI is InChI=1S/C12H17N3O2/c1-2-13-10-6-5-7-11(12(10)15(16)17)14-8-3-4-9-14/h5-7,13H,2-4,8-9H2,1H3. The first kappa shape index (κ1) is 11.7. The average molecular weight is 235 g/mol. The van der Waals surface area contributed by atoms with Gasteiger partial charge in [-0.1, -0.05) is 6.07 Å². The van der Waals surface area contributed by atoms with Crippen molar-refractivity contribution < 1.29 is 4.92 Å². The molecule has 0 aliphatic carbocycles. The monoisotopic (exact) mass is 235 g/mol. The molecular weight excluding hydrogens is 218 g/mol. The predicted molar refractivity (Wildman–Crippen MR) is 68.7 cm³/mol. The molecule has 5 heteroatoms. The second-order valence-electron chi connectivity index (χ2n) is 4.15. The maximum atomic E-state index is 11.2. The third-order valence-electron chi connectivity index (χ3n) is 3.01. The largest absolute Gasteiger partial charge is 0.380 e. The molecule has 0 bridgehead atoms. The van der Waals surface area contributed by atoms with Crippen molar-refractivity contribution in [3.8, 4) is 0 Å². The van der Waals surface area contributed by atoms with Gasteiger partial charge in [-0.25, -0.2) is 0 Å². The zero-order valence-corrected chi connectivity index (χ0v) is 9.98. The molecule has 0 aromatic heterocycles. The van der Waals surface area contributed by atoms with Gasteiger partial charge in [-0.2, -0.15) is 0 Å². The van der Waals surface area contributed by atoms with Gasteiger partial charge in [0, 0.05) is 19.6 Å². The lowest BCUT2D eigenvalue weighted by atomic mass is 10.2. The van der Waals surface area contributed by atoms with Crippen LogP contribution in [-0.4, -0.2) is 24.6 Å². The fourth-order valence-corrected chi connectivity index (χ4v) is 2.27. The van der Waals surface area contributed by atoms with Crippen LogP contribution in [0, 0.1) is 10.1 Å². The van der Waals surface area contributed by atoms with Crippen molar-refractivity contribution in [1.29, 1.82) is 0 Å². The number of nitro groups is 1. The van der Waals surface area contributed by atoms with Crippen molar-refractivity contribution in [2.24, 2.45) is 0 Å². The van der Waals surface area contributed by atoms with Crippen LogP contribution in [0.3, 0.4) is 0 Å². The molecule has 2 rings (SSSR count). The van der Waals surface area contributed by atoms with E-state index in [9.17, 15) is 10.1 Å². The number of rotatable bonds is 4. The lowest BCUT2D eigenvalue weighted by Gasteiger charge is -2.18. The molecule has 5 nitrogen and oxygen atoms in total. The first-order valence-electron chi connectivity index (χ1n) is 6.00. The highest BCUT2D eigenvalue weighted by atomic mass is 16.6. The van der Waals surface area contributed by atoms with Gasteiger partial charge in [0.2, 0.25) is 0 Å². The summed E-state index contributed by atoms with van der Waals surface area (Å²) >= 11 is 0. The highest BCUT2D eigenvalue weighted by Gasteiger charge is 2.25. The van der Waals surface area contributed by atoms with E-state index in [-0.39, 0.29) is 10.6 Å². The molecule has 1 aliphatic rings. The first-order valence-corrected chi connectivity index (χ1v) is 6.00. The molecule has 1 aromatic carbocycles. The van der Waals surface area contributed by atoms with Gasteiger partial charge < -0.3 is 10.2 Å². The van der Waals surface area contributed by atoms with Gasteiger partial charge in [-0.05, 0) is 31.9 Å². The number of para-hydroxylation sites is 1. The number of hydrogen-bond acceptors (Lipinski definition) is 4. The maximum absolute atomic E-state index is 11.2. The molecule has 1 aromatic rings. The number of benzene rings is 1. The Morgan fingerprint density at radius 2 is 2.12 bits per heavy atom. The van der Waals surface area contributed by atoms with Gasteiger partial charge in [0.15, 0.2) is 0 Å². The lowest BCUT2D eigenvalue weighted by Crippen LogP contribution is -2.19. The summed E-state index contributed by atoms with van der Waals surface area (Å²) < 4.78 is 0. The van der Waals surface area contributed by atoms with Crippen molar-refractivity contribution in [2.45, 2.75) is 19.8 Å². The minimum atomic E-state index is -0.286. The number of anilines is 2. The fourth-order valence-electron chi connectivity index (χ4n) is 2.27. The molecule has 92 valence electrons. The topological polar surface area (TPSA) is 58.4 Å². The van der Waals surface area contributed by atoms with Crippen molar-refractivity contribution in [3.05, 3.63) is 28.3 Å². The molecular formula is C12H17N3O2. The molecule has 0 amide bonds. The number of nitro benzene ring substituents is 1. The van der Waals surface area contributed by atoms with E-state index in [4.69, 9.17) is 0 Å². The van der Waals surface area contributed by atoms with E-state index in [0.29, 0.717) is 12.2 Å². The van der Waals surface area contributed by atoms with E-state index in [1.54, 1.807) is 6.07 Å². The van der Waals surface area contributed by atoms with Gasteiger partial charge in [-0.15, -0.1) is 0 Å². The van der Waals surface area contributed by atoms with Crippen LogP contribution in [0.2, 0.25) is 0 Å². The molecule has 0 spiro atoms. The summed E-state index contributed by atoms with van der Waals surface area (Å²) in [6.07, 6.45) is 2.23. The Balaban J connectivity index is 2.42. The van der Waals surface area contributed by atoms with Crippen molar-refractivity contribution >= 4 is 17.1 Å². The third-order valence-corrected chi connectivity index (χ3v) is 3.01. The first-order chi connectivity index (χ1) is 8.24. The van der Waals surface area contributed by atoms with Gasteiger partial charge >= 0.3 is 5.69 Å². The molecule has 0 unspecified atom stereocenters.